The third-order valence-electron chi connectivity index (χ3n) is 3.24. The Morgan fingerprint density at radius 3 is 3.00 bits per heavy atom. The number of rotatable bonds is 3. The predicted molar refractivity (Wildman–Crippen MR) is 78.3 cm³/mol. The van der Waals surface area contributed by atoms with E-state index >= 15 is 0 Å². The molecule has 98 valence electrons. The molecule has 0 aliphatic carbocycles. The summed E-state index contributed by atoms with van der Waals surface area (Å²) in [6.45, 7) is 3.84. The molecule has 4 heteroatoms. The quantitative estimate of drug-likeness (QED) is 0.876. The third-order valence-corrected chi connectivity index (χ3v) is 3.24. The topological polar surface area (TPSA) is 49.3 Å². The molecule has 0 amide bonds. The summed E-state index contributed by atoms with van der Waals surface area (Å²) in [5, 5.41) is 7.79. The first-order valence-electron chi connectivity index (χ1n) is 6.71. The average molecular weight is 254 g/mol. The first-order chi connectivity index (χ1) is 9.31. The summed E-state index contributed by atoms with van der Waals surface area (Å²) < 4.78 is 0. The lowest BCUT2D eigenvalue weighted by molar-refractivity contribution is 0.711. The highest BCUT2D eigenvalue weighted by atomic mass is 15.2. The highest BCUT2D eigenvalue weighted by molar-refractivity contribution is 5.81. The van der Waals surface area contributed by atoms with Gasteiger partial charge in [0.15, 0.2) is 5.96 Å². The number of pyridine rings is 1. The maximum Gasteiger partial charge on any atom is 0.191 e. The van der Waals surface area contributed by atoms with Crippen LogP contribution in [0.25, 0.3) is 10.9 Å². The van der Waals surface area contributed by atoms with Crippen LogP contribution < -0.4 is 10.6 Å². The lowest BCUT2D eigenvalue weighted by Gasteiger charge is -2.08. The Kier molecular flexibility index (Phi) is 3.31. The Morgan fingerprint density at radius 2 is 2.16 bits per heavy atom. The van der Waals surface area contributed by atoms with Crippen molar-refractivity contribution in [2.75, 3.05) is 13.1 Å². The van der Waals surface area contributed by atoms with E-state index in [9.17, 15) is 0 Å². The lowest BCUT2D eigenvalue weighted by atomic mass is 10.2. The van der Waals surface area contributed by atoms with Crippen LogP contribution in [0.4, 0.5) is 0 Å². The van der Waals surface area contributed by atoms with Crippen LogP contribution >= 0.6 is 0 Å². The van der Waals surface area contributed by atoms with Crippen molar-refractivity contribution in [3.05, 3.63) is 42.1 Å². The smallest absolute Gasteiger partial charge is 0.191 e. The van der Waals surface area contributed by atoms with Gasteiger partial charge in [-0.3, -0.25) is 9.98 Å². The SMILES string of the molecule is CC1CN=C(NCCc2ccc3ccccc3n2)N1. The molecule has 1 aromatic carbocycles. The summed E-state index contributed by atoms with van der Waals surface area (Å²) in [7, 11) is 0. The van der Waals surface area contributed by atoms with Gasteiger partial charge in [0, 0.05) is 30.1 Å². The van der Waals surface area contributed by atoms with Gasteiger partial charge in [0.05, 0.1) is 12.1 Å². The maximum absolute atomic E-state index is 4.65. The number of nitrogens with one attached hydrogen (secondary N) is 2. The lowest BCUT2D eigenvalue weighted by Crippen LogP contribution is -2.38. The first kappa shape index (κ1) is 12.0. The molecule has 0 fully saturated rings. The van der Waals surface area contributed by atoms with Gasteiger partial charge in [-0.05, 0) is 19.1 Å². The minimum Gasteiger partial charge on any atom is -0.356 e. The zero-order valence-corrected chi connectivity index (χ0v) is 11.1. The van der Waals surface area contributed by atoms with Crippen LogP contribution in [0, 0.1) is 0 Å². The standard InChI is InChI=1S/C15H18N4/c1-11-10-17-15(18-11)16-9-8-13-7-6-12-4-2-3-5-14(12)19-13/h2-7,11H,8-10H2,1H3,(H2,16,17,18). The molecule has 1 aliphatic rings. The van der Waals surface area contributed by atoms with Crippen LogP contribution in [0.3, 0.4) is 0 Å². The molecule has 2 aromatic rings. The van der Waals surface area contributed by atoms with Crippen LogP contribution in [-0.2, 0) is 6.42 Å². The van der Waals surface area contributed by atoms with Crippen molar-refractivity contribution in [1.29, 1.82) is 0 Å². The van der Waals surface area contributed by atoms with Crippen molar-refractivity contribution in [3.8, 4) is 0 Å². The number of para-hydroxylation sites is 1. The van der Waals surface area contributed by atoms with Gasteiger partial charge in [-0.25, -0.2) is 0 Å². The summed E-state index contributed by atoms with van der Waals surface area (Å²) in [5.74, 6) is 0.910. The van der Waals surface area contributed by atoms with Gasteiger partial charge in [0.25, 0.3) is 0 Å². The molecule has 0 bridgehead atoms. The number of hydrogen-bond acceptors (Lipinski definition) is 4. The van der Waals surface area contributed by atoms with E-state index in [-0.39, 0.29) is 0 Å². The van der Waals surface area contributed by atoms with Crippen molar-refractivity contribution < 1.29 is 0 Å². The van der Waals surface area contributed by atoms with Gasteiger partial charge in [-0.15, -0.1) is 0 Å². The Hall–Kier alpha value is -2.10. The van der Waals surface area contributed by atoms with Crippen molar-refractivity contribution in [1.82, 2.24) is 15.6 Å². The van der Waals surface area contributed by atoms with E-state index in [1.807, 2.05) is 12.1 Å². The number of aliphatic imine (C=N–C) groups is 1. The Morgan fingerprint density at radius 1 is 1.26 bits per heavy atom. The molecule has 0 spiro atoms. The van der Waals surface area contributed by atoms with E-state index in [4.69, 9.17) is 0 Å². The minimum absolute atomic E-state index is 0.446. The fourth-order valence-electron chi connectivity index (χ4n) is 2.22. The molecule has 0 saturated carbocycles. The molecule has 2 N–H and O–H groups in total. The summed E-state index contributed by atoms with van der Waals surface area (Å²) in [4.78, 5) is 9.03. The summed E-state index contributed by atoms with van der Waals surface area (Å²) >= 11 is 0. The number of aromatic nitrogens is 1. The molecule has 0 saturated heterocycles. The fourth-order valence-corrected chi connectivity index (χ4v) is 2.22. The van der Waals surface area contributed by atoms with E-state index in [2.05, 4.69) is 51.8 Å². The van der Waals surface area contributed by atoms with Crippen molar-refractivity contribution in [3.63, 3.8) is 0 Å². The molecule has 0 radical (unpaired) electrons. The molecule has 19 heavy (non-hydrogen) atoms. The van der Waals surface area contributed by atoms with Gasteiger partial charge in [-0.1, -0.05) is 24.3 Å². The van der Waals surface area contributed by atoms with E-state index in [1.165, 1.54) is 5.39 Å². The van der Waals surface area contributed by atoms with Gasteiger partial charge < -0.3 is 10.6 Å². The summed E-state index contributed by atoms with van der Waals surface area (Å²) in [6, 6.07) is 12.9. The molecule has 3 rings (SSSR count). The van der Waals surface area contributed by atoms with Crippen LogP contribution in [0.5, 0.6) is 0 Å². The number of nitrogens with zero attached hydrogens (tertiary/aromatic N) is 2. The highest BCUT2D eigenvalue weighted by Crippen LogP contribution is 2.11. The third kappa shape index (κ3) is 2.84. The minimum atomic E-state index is 0.446. The largest absolute Gasteiger partial charge is 0.356 e. The molecular weight excluding hydrogens is 236 g/mol. The Balaban J connectivity index is 1.59. The number of fused-ring (bicyclic) bond motifs is 1. The zero-order chi connectivity index (χ0) is 13.1. The van der Waals surface area contributed by atoms with E-state index < -0.39 is 0 Å². The van der Waals surface area contributed by atoms with Crippen LogP contribution in [0.2, 0.25) is 0 Å². The van der Waals surface area contributed by atoms with Gasteiger partial charge in [0.2, 0.25) is 0 Å². The number of hydrogen-bond donors (Lipinski definition) is 2. The van der Waals surface area contributed by atoms with Crippen molar-refractivity contribution >= 4 is 16.9 Å². The van der Waals surface area contributed by atoms with E-state index in [1.54, 1.807) is 0 Å². The molecule has 2 heterocycles. The second-order valence-corrected chi connectivity index (χ2v) is 4.91. The van der Waals surface area contributed by atoms with Crippen molar-refractivity contribution in [2.45, 2.75) is 19.4 Å². The maximum atomic E-state index is 4.65. The summed E-state index contributed by atoms with van der Waals surface area (Å²) in [6.07, 6.45) is 0.903. The first-order valence-corrected chi connectivity index (χ1v) is 6.71. The molecular formula is C15H18N4. The predicted octanol–water partition coefficient (Wildman–Crippen LogP) is 1.71. The van der Waals surface area contributed by atoms with Crippen LogP contribution in [-0.4, -0.2) is 30.1 Å². The average Bonchev–Trinajstić information content (AvgIpc) is 2.84. The molecule has 4 nitrogen and oxygen atoms in total. The van der Waals surface area contributed by atoms with Crippen LogP contribution in [0.15, 0.2) is 41.4 Å². The molecule has 1 aliphatic heterocycles. The second kappa shape index (κ2) is 5.26. The van der Waals surface area contributed by atoms with Gasteiger partial charge in [-0.2, -0.15) is 0 Å². The van der Waals surface area contributed by atoms with E-state index in [0.717, 1.165) is 36.7 Å². The molecule has 1 aromatic heterocycles. The second-order valence-electron chi connectivity index (χ2n) is 4.91. The number of benzene rings is 1. The van der Waals surface area contributed by atoms with Crippen LogP contribution in [0.1, 0.15) is 12.6 Å². The number of guanidine groups is 1. The molecule has 1 unspecified atom stereocenters. The summed E-state index contributed by atoms with van der Waals surface area (Å²) in [5.41, 5.74) is 2.17. The van der Waals surface area contributed by atoms with Gasteiger partial charge in [0.1, 0.15) is 0 Å². The van der Waals surface area contributed by atoms with Crippen molar-refractivity contribution in [2.24, 2.45) is 4.99 Å². The normalized spacial score (nSPS) is 18.2. The Labute approximate surface area is 113 Å². The monoisotopic (exact) mass is 254 g/mol. The highest BCUT2D eigenvalue weighted by Gasteiger charge is 2.11. The van der Waals surface area contributed by atoms with Gasteiger partial charge >= 0.3 is 0 Å². The van der Waals surface area contributed by atoms with E-state index in [0.29, 0.717) is 6.04 Å². The fraction of sp³-hybridized carbons (Fsp3) is 0.333. The Bertz CT molecular complexity index is 606. The molecule has 1 atom stereocenters. The zero-order valence-electron chi connectivity index (χ0n) is 11.1.